The number of benzene rings is 1. The minimum absolute atomic E-state index is 0.0668. The highest BCUT2D eigenvalue weighted by molar-refractivity contribution is 9.09. The quantitative estimate of drug-likeness (QED) is 0.794. The highest BCUT2D eigenvalue weighted by atomic mass is 79.9. The zero-order chi connectivity index (χ0) is 13.2. The normalized spacial score (nSPS) is 21.1. The summed E-state index contributed by atoms with van der Waals surface area (Å²) in [4.78, 5) is 0.330. The van der Waals surface area contributed by atoms with Crippen LogP contribution in [0, 0.1) is 0 Å². The molecule has 2 rings (SSSR count). The van der Waals surface area contributed by atoms with Crippen molar-refractivity contribution in [3.8, 4) is 5.75 Å². The van der Waals surface area contributed by atoms with Gasteiger partial charge in [0.25, 0.3) is 0 Å². The largest absolute Gasteiger partial charge is 0.497 e. The van der Waals surface area contributed by atoms with Gasteiger partial charge in [-0.05, 0) is 37.1 Å². The van der Waals surface area contributed by atoms with Crippen molar-refractivity contribution in [3.63, 3.8) is 0 Å². The van der Waals surface area contributed by atoms with Crippen LogP contribution in [0.4, 0.5) is 0 Å². The average Bonchev–Trinajstić information content (AvgIpc) is 2.88. The summed E-state index contributed by atoms with van der Waals surface area (Å²) in [7, 11) is -1.82. The summed E-state index contributed by atoms with van der Waals surface area (Å²) < 4.78 is 31.6. The monoisotopic (exact) mass is 333 g/mol. The van der Waals surface area contributed by atoms with Crippen LogP contribution in [-0.2, 0) is 10.0 Å². The van der Waals surface area contributed by atoms with Crippen LogP contribution in [0.1, 0.15) is 12.8 Å². The molecule has 4 nitrogen and oxygen atoms in total. The molecule has 1 unspecified atom stereocenters. The molecule has 0 saturated carbocycles. The third-order valence-electron chi connectivity index (χ3n) is 3.17. The van der Waals surface area contributed by atoms with E-state index in [0.717, 1.165) is 12.8 Å². The van der Waals surface area contributed by atoms with Crippen LogP contribution in [0.25, 0.3) is 0 Å². The molecule has 1 aliphatic heterocycles. The zero-order valence-corrected chi connectivity index (χ0v) is 12.6. The molecule has 0 bridgehead atoms. The molecule has 0 aromatic heterocycles. The molecule has 1 saturated heterocycles. The summed E-state index contributed by atoms with van der Waals surface area (Å²) in [5.41, 5.74) is 0. The molecule has 18 heavy (non-hydrogen) atoms. The lowest BCUT2D eigenvalue weighted by Gasteiger charge is -2.22. The summed E-state index contributed by atoms with van der Waals surface area (Å²) in [6.07, 6.45) is 1.84. The van der Waals surface area contributed by atoms with Gasteiger partial charge >= 0.3 is 0 Å². The number of halogens is 1. The van der Waals surface area contributed by atoms with E-state index in [-0.39, 0.29) is 6.04 Å². The van der Waals surface area contributed by atoms with E-state index in [4.69, 9.17) is 4.74 Å². The van der Waals surface area contributed by atoms with Crippen LogP contribution in [0.5, 0.6) is 5.75 Å². The summed E-state index contributed by atoms with van der Waals surface area (Å²) in [6.45, 7) is 0.602. The maximum atomic E-state index is 12.5. The maximum Gasteiger partial charge on any atom is 0.243 e. The number of nitrogens with zero attached hydrogens (tertiary/aromatic N) is 1. The number of methoxy groups -OCH3 is 1. The van der Waals surface area contributed by atoms with Crippen LogP contribution >= 0.6 is 15.9 Å². The first-order valence-electron chi connectivity index (χ1n) is 5.81. The van der Waals surface area contributed by atoms with E-state index in [0.29, 0.717) is 22.5 Å². The molecule has 1 aromatic rings. The van der Waals surface area contributed by atoms with Crippen LogP contribution < -0.4 is 4.74 Å². The molecule has 1 fully saturated rings. The summed E-state index contributed by atoms with van der Waals surface area (Å²) >= 11 is 3.38. The molecule has 1 heterocycles. The molecule has 0 amide bonds. The van der Waals surface area contributed by atoms with Crippen molar-refractivity contribution in [1.82, 2.24) is 4.31 Å². The van der Waals surface area contributed by atoms with Crippen molar-refractivity contribution in [1.29, 1.82) is 0 Å². The topological polar surface area (TPSA) is 46.6 Å². The van der Waals surface area contributed by atoms with Gasteiger partial charge in [0.15, 0.2) is 0 Å². The van der Waals surface area contributed by atoms with E-state index in [1.54, 1.807) is 35.7 Å². The SMILES string of the molecule is COc1ccc(S(=O)(=O)N2CCCC2CBr)cc1. The third-order valence-corrected chi connectivity index (χ3v) is 5.88. The van der Waals surface area contributed by atoms with Crippen LogP contribution in [-0.4, -0.2) is 37.7 Å². The second-order valence-corrected chi connectivity index (χ2v) is 6.78. The van der Waals surface area contributed by atoms with Crippen LogP contribution in [0.2, 0.25) is 0 Å². The number of alkyl halides is 1. The third kappa shape index (κ3) is 2.55. The molecule has 0 aliphatic carbocycles. The van der Waals surface area contributed by atoms with Gasteiger partial charge in [-0.15, -0.1) is 0 Å². The predicted molar refractivity (Wildman–Crippen MR) is 73.7 cm³/mol. The Morgan fingerprint density at radius 1 is 1.39 bits per heavy atom. The number of ether oxygens (including phenoxy) is 1. The lowest BCUT2D eigenvalue weighted by molar-refractivity contribution is 0.410. The van der Waals surface area contributed by atoms with Gasteiger partial charge in [0.2, 0.25) is 10.0 Å². The molecule has 6 heteroatoms. The Labute approximate surface area is 116 Å². The van der Waals surface area contributed by atoms with E-state index in [1.165, 1.54) is 0 Å². The highest BCUT2D eigenvalue weighted by Crippen LogP contribution is 2.27. The predicted octanol–water partition coefficient (Wildman–Crippen LogP) is 2.24. The number of hydrogen-bond acceptors (Lipinski definition) is 3. The fourth-order valence-electron chi connectivity index (χ4n) is 2.16. The van der Waals surface area contributed by atoms with Gasteiger partial charge in [0, 0.05) is 17.9 Å². The number of hydrogen-bond donors (Lipinski definition) is 0. The Bertz CT molecular complexity index is 501. The van der Waals surface area contributed by atoms with Gasteiger partial charge in [-0.3, -0.25) is 0 Å². The van der Waals surface area contributed by atoms with Gasteiger partial charge in [0.05, 0.1) is 12.0 Å². The van der Waals surface area contributed by atoms with Gasteiger partial charge in [-0.1, -0.05) is 15.9 Å². The number of rotatable bonds is 4. The van der Waals surface area contributed by atoms with Crippen molar-refractivity contribution < 1.29 is 13.2 Å². The van der Waals surface area contributed by atoms with E-state index in [2.05, 4.69) is 15.9 Å². The zero-order valence-electron chi connectivity index (χ0n) is 10.2. The first-order valence-corrected chi connectivity index (χ1v) is 8.37. The Morgan fingerprint density at radius 2 is 2.06 bits per heavy atom. The molecule has 1 aromatic carbocycles. The summed E-state index contributed by atoms with van der Waals surface area (Å²) in [5, 5.41) is 0.683. The second kappa shape index (κ2) is 5.59. The molecule has 0 spiro atoms. The Kier molecular flexibility index (Phi) is 4.29. The first-order chi connectivity index (χ1) is 8.59. The average molecular weight is 334 g/mol. The molecular formula is C12H16BrNO3S. The van der Waals surface area contributed by atoms with E-state index in [9.17, 15) is 8.42 Å². The Balaban J connectivity index is 2.29. The Morgan fingerprint density at radius 3 is 2.61 bits per heavy atom. The summed E-state index contributed by atoms with van der Waals surface area (Å²) in [6, 6.07) is 6.60. The molecule has 1 atom stereocenters. The standard InChI is InChI=1S/C12H16BrNO3S/c1-17-11-4-6-12(7-5-11)18(15,16)14-8-2-3-10(14)9-13/h4-7,10H,2-3,8-9H2,1H3. The smallest absolute Gasteiger partial charge is 0.243 e. The van der Waals surface area contributed by atoms with E-state index in [1.807, 2.05) is 0 Å². The minimum Gasteiger partial charge on any atom is -0.497 e. The van der Waals surface area contributed by atoms with Crippen LogP contribution in [0.3, 0.4) is 0 Å². The molecular weight excluding hydrogens is 318 g/mol. The van der Waals surface area contributed by atoms with Gasteiger partial charge in [0.1, 0.15) is 5.75 Å². The van der Waals surface area contributed by atoms with Crippen molar-refractivity contribution >= 4 is 26.0 Å². The molecule has 0 radical (unpaired) electrons. The number of sulfonamides is 1. The molecule has 1 aliphatic rings. The highest BCUT2D eigenvalue weighted by Gasteiger charge is 2.34. The lowest BCUT2D eigenvalue weighted by Crippen LogP contribution is -2.36. The second-order valence-electron chi connectivity index (χ2n) is 4.24. The van der Waals surface area contributed by atoms with Crippen molar-refractivity contribution in [2.45, 2.75) is 23.8 Å². The van der Waals surface area contributed by atoms with E-state index < -0.39 is 10.0 Å². The maximum absolute atomic E-state index is 12.5. The Hall–Kier alpha value is -0.590. The summed E-state index contributed by atoms with van der Waals surface area (Å²) in [5.74, 6) is 0.660. The molecule has 100 valence electrons. The van der Waals surface area contributed by atoms with Gasteiger partial charge < -0.3 is 4.74 Å². The van der Waals surface area contributed by atoms with Gasteiger partial charge in [-0.2, -0.15) is 4.31 Å². The fraction of sp³-hybridized carbons (Fsp3) is 0.500. The molecule has 0 N–H and O–H groups in total. The van der Waals surface area contributed by atoms with Crippen molar-refractivity contribution in [2.75, 3.05) is 19.0 Å². The van der Waals surface area contributed by atoms with Crippen molar-refractivity contribution in [3.05, 3.63) is 24.3 Å². The van der Waals surface area contributed by atoms with Crippen LogP contribution in [0.15, 0.2) is 29.2 Å². The van der Waals surface area contributed by atoms with Crippen molar-refractivity contribution in [2.24, 2.45) is 0 Å². The lowest BCUT2D eigenvalue weighted by atomic mass is 10.3. The minimum atomic E-state index is -3.38. The van der Waals surface area contributed by atoms with Gasteiger partial charge in [-0.25, -0.2) is 8.42 Å². The first kappa shape index (κ1) is 13.8. The van der Waals surface area contributed by atoms with E-state index >= 15 is 0 Å². The fourth-order valence-corrected chi connectivity index (χ4v) is 4.72.